The maximum absolute atomic E-state index is 12.8. The molecule has 0 aliphatic rings. The van der Waals surface area contributed by atoms with Crippen LogP contribution in [-0.2, 0) is 4.79 Å². The van der Waals surface area contributed by atoms with Gasteiger partial charge in [-0.25, -0.2) is 9.37 Å². The van der Waals surface area contributed by atoms with E-state index in [0.717, 1.165) is 5.56 Å². The van der Waals surface area contributed by atoms with Crippen LogP contribution in [0.5, 0.6) is 0 Å². The minimum absolute atomic E-state index is 0.155. The molecule has 4 nitrogen and oxygen atoms in total. The van der Waals surface area contributed by atoms with Crippen LogP contribution < -0.4 is 11.1 Å². The molecule has 0 aliphatic heterocycles. The average Bonchev–Trinajstić information content (AvgIpc) is 2.78. The first kappa shape index (κ1) is 12.7. The molecule has 18 heavy (non-hydrogen) atoms. The SMILES string of the molecule is NCCC(=O)Nc1nc(-c2ccc(F)cc2)cs1. The molecule has 1 heterocycles. The van der Waals surface area contributed by atoms with E-state index in [4.69, 9.17) is 5.73 Å². The summed E-state index contributed by atoms with van der Waals surface area (Å²) in [7, 11) is 0. The summed E-state index contributed by atoms with van der Waals surface area (Å²) in [6.07, 6.45) is 0.269. The smallest absolute Gasteiger partial charge is 0.227 e. The van der Waals surface area contributed by atoms with E-state index in [-0.39, 0.29) is 18.1 Å². The molecule has 6 heteroatoms. The van der Waals surface area contributed by atoms with Gasteiger partial charge in [0.1, 0.15) is 5.82 Å². The lowest BCUT2D eigenvalue weighted by Crippen LogP contribution is -2.15. The third kappa shape index (κ3) is 3.12. The van der Waals surface area contributed by atoms with Crippen molar-refractivity contribution in [3.63, 3.8) is 0 Å². The topological polar surface area (TPSA) is 68.0 Å². The minimum atomic E-state index is -0.287. The predicted molar refractivity (Wildman–Crippen MR) is 69.8 cm³/mol. The van der Waals surface area contributed by atoms with Gasteiger partial charge >= 0.3 is 0 Å². The van der Waals surface area contributed by atoms with E-state index in [9.17, 15) is 9.18 Å². The van der Waals surface area contributed by atoms with Crippen LogP contribution in [0.2, 0.25) is 0 Å². The molecule has 3 N–H and O–H groups in total. The number of nitrogens with two attached hydrogens (primary N) is 1. The van der Waals surface area contributed by atoms with Gasteiger partial charge in [-0.2, -0.15) is 0 Å². The standard InChI is InChI=1S/C12H12FN3OS/c13-9-3-1-8(2-4-9)10-7-18-12(15-10)16-11(17)5-6-14/h1-4,7H,5-6,14H2,(H,15,16,17). The number of aromatic nitrogens is 1. The molecule has 0 radical (unpaired) electrons. The molecule has 1 aromatic carbocycles. The fourth-order valence-electron chi connectivity index (χ4n) is 1.40. The Hall–Kier alpha value is -1.79. The van der Waals surface area contributed by atoms with Crippen LogP contribution in [0.4, 0.5) is 9.52 Å². The van der Waals surface area contributed by atoms with E-state index >= 15 is 0 Å². The van der Waals surface area contributed by atoms with Crippen molar-refractivity contribution in [2.24, 2.45) is 5.73 Å². The van der Waals surface area contributed by atoms with E-state index in [1.54, 1.807) is 12.1 Å². The van der Waals surface area contributed by atoms with Crippen molar-refractivity contribution in [1.82, 2.24) is 4.98 Å². The molecule has 1 aromatic heterocycles. The molecule has 0 unspecified atom stereocenters. The molecule has 1 amide bonds. The third-order valence-corrected chi connectivity index (χ3v) is 3.02. The summed E-state index contributed by atoms with van der Waals surface area (Å²) in [5.74, 6) is -0.442. The number of benzene rings is 1. The number of rotatable bonds is 4. The minimum Gasteiger partial charge on any atom is -0.330 e. The van der Waals surface area contributed by atoms with Gasteiger partial charge in [0.2, 0.25) is 5.91 Å². The molecule has 94 valence electrons. The zero-order chi connectivity index (χ0) is 13.0. The number of carbonyl (C=O) groups is 1. The Morgan fingerprint density at radius 1 is 1.39 bits per heavy atom. The van der Waals surface area contributed by atoms with Crippen molar-refractivity contribution in [3.8, 4) is 11.3 Å². The van der Waals surface area contributed by atoms with Crippen LogP contribution >= 0.6 is 11.3 Å². The largest absolute Gasteiger partial charge is 0.330 e. The average molecular weight is 265 g/mol. The number of anilines is 1. The van der Waals surface area contributed by atoms with Crippen LogP contribution in [-0.4, -0.2) is 17.4 Å². The van der Waals surface area contributed by atoms with Gasteiger partial charge in [-0.05, 0) is 24.3 Å². The van der Waals surface area contributed by atoms with Crippen LogP contribution in [0.25, 0.3) is 11.3 Å². The molecule has 2 rings (SSSR count). The first-order valence-electron chi connectivity index (χ1n) is 5.40. The van der Waals surface area contributed by atoms with E-state index < -0.39 is 0 Å². The maximum atomic E-state index is 12.8. The highest BCUT2D eigenvalue weighted by atomic mass is 32.1. The Morgan fingerprint density at radius 3 is 2.78 bits per heavy atom. The Bertz CT molecular complexity index is 539. The third-order valence-electron chi connectivity index (χ3n) is 2.26. The lowest BCUT2D eigenvalue weighted by atomic mass is 10.2. The predicted octanol–water partition coefficient (Wildman–Crippen LogP) is 2.24. The van der Waals surface area contributed by atoms with Crippen molar-refractivity contribution in [2.75, 3.05) is 11.9 Å². The van der Waals surface area contributed by atoms with E-state index in [2.05, 4.69) is 10.3 Å². The summed E-state index contributed by atoms with van der Waals surface area (Å²) < 4.78 is 12.8. The summed E-state index contributed by atoms with van der Waals surface area (Å²) in [6, 6.07) is 6.05. The molecule has 2 aromatic rings. The van der Waals surface area contributed by atoms with Crippen molar-refractivity contribution < 1.29 is 9.18 Å². The Labute approximate surface area is 108 Å². The number of hydrogen-bond donors (Lipinski definition) is 2. The van der Waals surface area contributed by atoms with Crippen LogP contribution in [0.15, 0.2) is 29.6 Å². The lowest BCUT2D eigenvalue weighted by molar-refractivity contribution is -0.116. The van der Waals surface area contributed by atoms with Crippen molar-refractivity contribution >= 4 is 22.4 Å². The summed E-state index contributed by atoms with van der Waals surface area (Å²) in [4.78, 5) is 15.6. The Morgan fingerprint density at radius 2 is 2.11 bits per heavy atom. The highest BCUT2D eigenvalue weighted by molar-refractivity contribution is 7.14. The summed E-state index contributed by atoms with van der Waals surface area (Å²) in [5, 5.41) is 4.99. The van der Waals surface area contributed by atoms with Crippen molar-refractivity contribution in [1.29, 1.82) is 0 Å². The fraction of sp³-hybridized carbons (Fsp3) is 0.167. The molecular formula is C12H12FN3OS. The van der Waals surface area contributed by atoms with Gasteiger partial charge in [-0.15, -0.1) is 11.3 Å². The van der Waals surface area contributed by atoms with Gasteiger partial charge in [-0.3, -0.25) is 4.79 Å². The molecule has 0 atom stereocenters. The van der Waals surface area contributed by atoms with E-state index in [0.29, 0.717) is 17.4 Å². The van der Waals surface area contributed by atoms with Crippen molar-refractivity contribution in [2.45, 2.75) is 6.42 Å². The van der Waals surface area contributed by atoms with Gasteiger partial charge < -0.3 is 11.1 Å². The van der Waals surface area contributed by atoms with Gasteiger partial charge in [0.25, 0.3) is 0 Å². The molecular weight excluding hydrogens is 253 g/mol. The number of thiazole rings is 1. The van der Waals surface area contributed by atoms with E-state index in [1.807, 2.05) is 5.38 Å². The number of amides is 1. The zero-order valence-electron chi connectivity index (χ0n) is 9.52. The van der Waals surface area contributed by atoms with Gasteiger partial charge in [0.15, 0.2) is 5.13 Å². The molecule has 0 spiro atoms. The molecule has 0 aliphatic carbocycles. The second-order valence-corrected chi connectivity index (χ2v) is 4.49. The number of halogens is 1. The number of hydrogen-bond acceptors (Lipinski definition) is 4. The highest BCUT2D eigenvalue weighted by Crippen LogP contribution is 2.24. The molecule has 0 saturated carbocycles. The summed E-state index contributed by atoms with van der Waals surface area (Å²) in [6.45, 7) is 0.308. The van der Waals surface area contributed by atoms with E-state index in [1.165, 1.54) is 23.5 Å². The summed E-state index contributed by atoms with van der Waals surface area (Å²) in [5.41, 5.74) is 6.80. The van der Waals surface area contributed by atoms with Gasteiger partial charge in [0, 0.05) is 23.9 Å². The first-order valence-corrected chi connectivity index (χ1v) is 6.28. The van der Waals surface area contributed by atoms with Crippen molar-refractivity contribution in [3.05, 3.63) is 35.5 Å². The first-order chi connectivity index (χ1) is 8.69. The zero-order valence-corrected chi connectivity index (χ0v) is 10.3. The van der Waals surface area contributed by atoms with Crippen LogP contribution in [0, 0.1) is 5.82 Å². The van der Waals surface area contributed by atoms with Crippen LogP contribution in [0.3, 0.4) is 0 Å². The normalized spacial score (nSPS) is 10.3. The molecule has 0 fully saturated rings. The second kappa shape index (κ2) is 5.70. The Balaban J connectivity index is 2.10. The second-order valence-electron chi connectivity index (χ2n) is 3.63. The summed E-state index contributed by atoms with van der Waals surface area (Å²) >= 11 is 1.33. The number of nitrogens with zero attached hydrogens (tertiary/aromatic N) is 1. The number of nitrogens with one attached hydrogen (secondary N) is 1. The molecule has 0 bridgehead atoms. The molecule has 0 saturated heterocycles. The monoisotopic (exact) mass is 265 g/mol. The lowest BCUT2D eigenvalue weighted by Gasteiger charge is -1.99. The van der Waals surface area contributed by atoms with Gasteiger partial charge in [-0.1, -0.05) is 0 Å². The van der Waals surface area contributed by atoms with Crippen LogP contribution in [0.1, 0.15) is 6.42 Å². The quantitative estimate of drug-likeness (QED) is 0.890. The highest BCUT2D eigenvalue weighted by Gasteiger charge is 2.07. The maximum Gasteiger partial charge on any atom is 0.227 e. The number of carbonyl (C=O) groups excluding carboxylic acids is 1. The van der Waals surface area contributed by atoms with Gasteiger partial charge in [0.05, 0.1) is 5.69 Å². The Kier molecular flexibility index (Phi) is 4.01. The fourth-order valence-corrected chi connectivity index (χ4v) is 2.13.